The van der Waals surface area contributed by atoms with Crippen LogP contribution in [0.4, 0.5) is 0 Å². The summed E-state index contributed by atoms with van der Waals surface area (Å²) in [6.45, 7) is 8.12. The molecular weight excluding hydrogens is 214 g/mol. The zero-order valence-electron chi connectivity index (χ0n) is 11.1. The number of hydrogen-bond acceptors (Lipinski definition) is 2. The molecular formula is C13H19N3O. The molecule has 0 amide bonds. The zero-order chi connectivity index (χ0) is 12.8. The molecule has 1 aliphatic heterocycles. The number of imidazole rings is 1. The van der Waals surface area contributed by atoms with Gasteiger partial charge in [-0.1, -0.05) is 6.08 Å². The first-order valence-electron chi connectivity index (χ1n) is 5.89. The lowest BCUT2D eigenvalue weighted by Gasteiger charge is -2.12. The lowest BCUT2D eigenvalue weighted by atomic mass is 10.1. The van der Waals surface area contributed by atoms with Gasteiger partial charge in [-0.25, -0.2) is 4.79 Å². The summed E-state index contributed by atoms with van der Waals surface area (Å²) in [5, 5.41) is 0. The van der Waals surface area contributed by atoms with Gasteiger partial charge in [-0.15, -0.1) is 0 Å². The van der Waals surface area contributed by atoms with E-state index in [1.165, 1.54) is 0 Å². The van der Waals surface area contributed by atoms with Crippen LogP contribution in [-0.2, 0) is 7.05 Å². The van der Waals surface area contributed by atoms with E-state index in [1.54, 1.807) is 22.4 Å². The van der Waals surface area contributed by atoms with E-state index in [-0.39, 0.29) is 17.3 Å². The van der Waals surface area contributed by atoms with Crippen LogP contribution in [0, 0.1) is 0 Å². The van der Waals surface area contributed by atoms with Crippen molar-refractivity contribution in [1.82, 2.24) is 9.13 Å². The van der Waals surface area contributed by atoms with Gasteiger partial charge in [-0.2, -0.15) is 0 Å². The Labute approximate surface area is 101 Å². The van der Waals surface area contributed by atoms with Crippen LogP contribution in [0.15, 0.2) is 15.9 Å². The molecule has 1 aromatic heterocycles. The van der Waals surface area contributed by atoms with E-state index >= 15 is 0 Å². The first-order valence-corrected chi connectivity index (χ1v) is 5.89. The SMILES string of the molecule is CC(C)n1c2c(n(C)c1=O)C=NC(C)(C)C=C2. The minimum absolute atomic E-state index is 0.0146. The summed E-state index contributed by atoms with van der Waals surface area (Å²) in [5.41, 5.74) is 1.63. The molecule has 17 heavy (non-hydrogen) atoms. The maximum atomic E-state index is 12.1. The second-order valence-electron chi connectivity index (χ2n) is 5.32. The largest absolute Gasteiger partial charge is 0.329 e. The van der Waals surface area contributed by atoms with Crippen molar-refractivity contribution >= 4 is 12.3 Å². The quantitative estimate of drug-likeness (QED) is 0.731. The molecule has 0 spiro atoms. The second-order valence-corrected chi connectivity index (χ2v) is 5.32. The smallest absolute Gasteiger partial charge is 0.294 e. The van der Waals surface area contributed by atoms with Crippen molar-refractivity contribution in [3.8, 4) is 0 Å². The summed E-state index contributed by atoms with van der Waals surface area (Å²) in [7, 11) is 1.79. The highest BCUT2D eigenvalue weighted by Crippen LogP contribution is 2.21. The predicted octanol–water partition coefficient (Wildman–Crippen LogP) is 1.99. The highest BCUT2D eigenvalue weighted by molar-refractivity contribution is 5.84. The molecule has 0 radical (unpaired) electrons. The number of aromatic nitrogens is 2. The van der Waals surface area contributed by atoms with E-state index in [4.69, 9.17) is 0 Å². The molecule has 0 atom stereocenters. The molecule has 0 aliphatic carbocycles. The molecule has 1 aliphatic rings. The Bertz CT molecular complexity index is 556. The fraction of sp³-hybridized carbons (Fsp3) is 0.538. The minimum atomic E-state index is -0.211. The highest BCUT2D eigenvalue weighted by Gasteiger charge is 2.21. The molecule has 0 bridgehead atoms. The maximum absolute atomic E-state index is 12.1. The van der Waals surface area contributed by atoms with Crippen molar-refractivity contribution in [2.24, 2.45) is 12.0 Å². The third kappa shape index (κ3) is 1.88. The average molecular weight is 233 g/mol. The molecule has 4 nitrogen and oxygen atoms in total. The van der Waals surface area contributed by atoms with Crippen molar-refractivity contribution < 1.29 is 0 Å². The summed E-state index contributed by atoms with van der Waals surface area (Å²) in [6.07, 6.45) is 5.84. The van der Waals surface area contributed by atoms with Crippen molar-refractivity contribution in [2.45, 2.75) is 39.3 Å². The summed E-state index contributed by atoms with van der Waals surface area (Å²) >= 11 is 0. The van der Waals surface area contributed by atoms with Gasteiger partial charge in [0.25, 0.3) is 0 Å². The molecule has 0 N–H and O–H groups in total. The molecule has 2 heterocycles. The van der Waals surface area contributed by atoms with Crippen LogP contribution in [0.3, 0.4) is 0 Å². The van der Waals surface area contributed by atoms with Gasteiger partial charge in [0, 0.05) is 19.3 Å². The predicted molar refractivity (Wildman–Crippen MR) is 70.8 cm³/mol. The molecule has 92 valence electrons. The minimum Gasteiger partial charge on any atom is -0.294 e. The first kappa shape index (κ1) is 11.9. The summed E-state index contributed by atoms with van der Waals surface area (Å²) in [6, 6.07) is 0.150. The van der Waals surface area contributed by atoms with Gasteiger partial charge < -0.3 is 0 Å². The summed E-state index contributed by atoms with van der Waals surface area (Å²) in [5.74, 6) is 0. The molecule has 0 saturated carbocycles. The standard InChI is InChI=1S/C13H19N3O/c1-9(2)16-10-6-7-13(3,4)14-8-11(10)15(5)12(16)17/h6-9H,1-5H3. The normalized spacial score (nSPS) is 17.3. The van der Waals surface area contributed by atoms with Crippen molar-refractivity contribution in [1.29, 1.82) is 0 Å². The Morgan fingerprint density at radius 1 is 1.29 bits per heavy atom. The van der Waals surface area contributed by atoms with E-state index in [2.05, 4.69) is 4.99 Å². The lowest BCUT2D eigenvalue weighted by molar-refractivity contribution is 0.563. The molecule has 0 saturated heterocycles. The Morgan fingerprint density at radius 3 is 2.53 bits per heavy atom. The molecule has 1 aromatic rings. The molecule has 0 fully saturated rings. The van der Waals surface area contributed by atoms with E-state index in [1.807, 2.05) is 39.8 Å². The number of nitrogens with zero attached hydrogens (tertiary/aromatic N) is 3. The van der Waals surface area contributed by atoms with Crippen molar-refractivity contribution in [3.05, 3.63) is 27.9 Å². The van der Waals surface area contributed by atoms with Gasteiger partial charge in [0.2, 0.25) is 0 Å². The van der Waals surface area contributed by atoms with Crippen molar-refractivity contribution in [2.75, 3.05) is 0 Å². The van der Waals surface area contributed by atoms with Crippen LogP contribution in [0.25, 0.3) is 6.08 Å². The number of hydrogen-bond donors (Lipinski definition) is 0. The van der Waals surface area contributed by atoms with Crippen LogP contribution in [0.2, 0.25) is 0 Å². The van der Waals surface area contributed by atoms with Gasteiger partial charge in [0.15, 0.2) is 0 Å². The zero-order valence-corrected chi connectivity index (χ0v) is 11.1. The van der Waals surface area contributed by atoms with Gasteiger partial charge in [-0.05, 0) is 33.8 Å². The van der Waals surface area contributed by atoms with Crippen LogP contribution in [0.5, 0.6) is 0 Å². The first-order chi connectivity index (χ1) is 7.83. The van der Waals surface area contributed by atoms with E-state index < -0.39 is 0 Å². The Balaban J connectivity index is 2.73. The monoisotopic (exact) mass is 233 g/mol. The summed E-state index contributed by atoms with van der Waals surface area (Å²) < 4.78 is 3.46. The average Bonchev–Trinajstić information content (AvgIpc) is 2.36. The second kappa shape index (κ2) is 3.72. The topological polar surface area (TPSA) is 39.3 Å². The fourth-order valence-corrected chi connectivity index (χ4v) is 2.03. The molecule has 2 rings (SSSR count). The third-order valence-corrected chi connectivity index (χ3v) is 3.06. The van der Waals surface area contributed by atoms with Gasteiger partial charge >= 0.3 is 5.69 Å². The highest BCUT2D eigenvalue weighted by atomic mass is 16.1. The van der Waals surface area contributed by atoms with Crippen LogP contribution >= 0.6 is 0 Å². The Morgan fingerprint density at radius 2 is 1.94 bits per heavy atom. The van der Waals surface area contributed by atoms with E-state index in [9.17, 15) is 4.79 Å². The lowest BCUT2D eigenvalue weighted by Crippen LogP contribution is -2.25. The maximum Gasteiger partial charge on any atom is 0.329 e. The Hall–Kier alpha value is -1.58. The number of rotatable bonds is 1. The molecule has 4 heteroatoms. The van der Waals surface area contributed by atoms with Gasteiger partial charge in [-0.3, -0.25) is 14.1 Å². The fourth-order valence-electron chi connectivity index (χ4n) is 2.03. The van der Waals surface area contributed by atoms with Crippen LogP contribution < -0.4 is 5.69 Å². The summed E-state index contributed by atoms with van der Waals surface area (Å²) in [4.78, 5) is 16.6. The van der Waals surface area contributed by atoms with E-state index in [0.717, 1.165) is 11.4 Å². The van der Waals surface area contributed by atoms with Gasteiger partial charge in [0.05, 0.1) is 16.9 Å². The van der Waals surface area contributed by atoms with E-state index in [0.29, 0.717) is 0 Å². The third-order valence-electron chi connectivity index (χ3n) is 3.06. The number of aliphatic imine (C=N–C) groups is 1. The van der Waals surface area contributed by atoms with Crippen molar-refractivity contribution in [3.63, 3.8) is 0 Å². The molecule has 0 unspecified atom stereocenters. The van der Waals surface area contributed by atoms with Crippen LogP contribution in [-0.4, -0.2) is 20.9 Å². The number of fused-ring (bicyclic) bond motifs is 1. The van der Waals surface area contributed by atoms with Crippen LogP contribution in [0.1, 0.15) is 45.1 Å². The Kier molecular flexibility index (Phi) is 2.60. The molecule has 0 aromatic carbocycles. The van der Waals surface area contributed by atoms with Gasteiger partial charge in [0.1, 0.15) is 0 Å².